The van der Waals surface area contributed by atoms with Crippen molar-refractivity contribution in [2.45, 2.75) is 6.54 Å². The van der Waals surface area contributed by atoms with Gasteiger partial charge in [-0.2, -0.15) is 0 Å². The number of thiol groups is 1. The lowest BCUT2D eigenvalue weighted by Crippen LogP contribution is -2.33. The Morgan fingerprint density at radius 2 is 1.50 bits per heavy atom. The number of nitrogens with zero attached hydrogens (tertiary/aromatic N) is 1. The Kier molecular flexibility index (Phi) is 4.35. The van der Waals surface area contributed by atoms with Crippen molar-refractivity contribution in [1.82, 2.24) is 0 Å². The van der Waals surface area contributed by atoms with Gasteiger partial charge in [0.1, 0.15) is 6.54 Å². The molecule has 0 aliphatic heterocycles. The van der Waals surface area contributed by atoms with E-state index < -0.39 is 0 Å². The third-order valence-electron chi connectivity index (χ3n) is 1.50. The van der Waals surface area contributed by atoms with Crippen LogP contribution in [0.25, 0.3) is 0 Å². The zero-order valence-corrected chi connectivity index (χ0v) is 8.88. The van der Waals surface area contributed by atoms with Crippen molar-refractivity contribution in [3.8, 4) is 0 Å². The molecule has 0 aliphatic carbocycles. The average Bonchev–Trinajstić information content (AvgIpc) is 1.85. The molecular weight excluding hydrogens is 166 g/mol. The Bertz CT molecular complexity index is 213. The quantitative estimate of drug-likeness (QED) is 0.381. The average molecular weight is 183 g/mol. The Balaban J connectivity index is 0.00000121. The van der Waals surface area contributed by atoms with E-state index in [1.165, 1.54) is 5.56 Å². The van der Waals surface area contributed by atoms with Crippen molar-refractivity contribution in [2.24, 2.45) is 0 Å². The van der Waals surface area contributed by atoms with Gasteiger partial charge in [-0.05, 0) is 0 Å². The summed E-state index contributed by atoms with van der Waals surface area (Å²) in [5, 5.41) is 0. The highest BCUT2D eigenvalue weighted by atomic mass is 32.1. The summed E-state index contributed by atoms with van der Waals surface area (Å²) < 4.78 is 0.990. The molecule has 0 heterocycles. The molecule has 0 radical (unpaired) electrons. The van der Waals surface area contributed by atoms with Gasteiger partial charge in [-0.25, -0.2) is 0 Å². The molecule has 68 valence electrons. The zero-order valence-electron chi connectivity index (χ0n) is 7.99. The molecule has 0 spiro atoms. The summed E-state index contributed by atoms with van der Waals surface area (Å²) in [5.41, 5.74) is 1.40. The van der Waals surface area contributed by atoms with Crippen molar-refractivity contribution < 1.29 is 4.48 Å². The monoisotopic (exact) mass is 183 g/mol. The highest BCUT2D eigenvalue weighted by Gasteiger charge is 2.06. The second kappa shape index (κ2) is 4.53. The lowest BCUT2D eigenvalue weighted by atomic mass is 10.2. The molecule has 0 saturated heterocycles. The first kappa shape index (κ1) is 11.5. The van der Waals surface area contributed by atoms with E-state index in [9.17, 15) is 0 Å². The van der Waals surface area contributed by atoms with E-state index in [0.29, 0.717) is 0 Å². The predicted molar refractivity (Wildman–Crippen MR) is 56.9 cm³/mol. The van der Waals surface area contributed by atoms with Crippen LogP contribution in [0.3, 0.4) is 0 Å². The summed E-state index contributed by atoms with van der Waals surface area (Å²) in [5.74, 6) is 0. The van der Waals surface area contributed by atoms with E-state index in [1.54, 1.807) is 0 Å². The second-order valence-electron chi connectivity index (χ2n) is 3.93. The highest BCUT2D eigenvalue weighted by molar-refractivity contribution is 7.37. The van der Waals surface area contributed by atoms with Crippen molar-refractivity contribution in [2.75, 3.05) is 21.1 Å². The lowest BCUT2D eigenvalue weighted by Gasteiger charge is -2.23. The van der Waals surface area contributed by atoms with Gasteiger partial charge in [-0.3, -0.25) is 0 Å². The van der Waals surface area contributed by atoms with Gasteiger partial charge in [0.15, 0.2) is 0 Å². The fourth-order valence-corrected chi connectivity index (χ4v) is 1.13. The van der Waals surface area contributed by atoms with Gasteiger partial charge in [0.2, 0.25) is 0 Å². The van der Waals surface area contributed by atoms with Crippen molar-refractivity contribution in [3.63, 3.8) is 0 Å². The first-order valence-corrected chi connectivity index (χ1v) is 3.92. The number of benzene rings is 1. The number of quaternary nitrogens is 1. The molecule has 0 unspecified atom stereocenters. The van der Waals surface area contributed by atoms with E-state index in [1.807, 2.05) is 0 Å². The van der Waals surface area contributed by atoms with Crippen LogP contribution in [0.2, 0.25) is 0 Å². The molecule has 2 heteroatoms. The van der Waals surface area contributed by atoms with Crippen LogP contribution in [-0.2, 0) is 20.0 Å². The first-order chi connectivity index (χ1) is 5.08. The standard InChI is InChI=1S/C10H16N.H2S/c1-11(2,3)9-10-7-5-4-6-8-10;/h4-8H,9H2,1-3H3;1H2/q+1;/p-1. The largest absolute Gasteiger partial charge is 0.813 e. The van der Waals surface area contributed by atoms with Crippen molar-refractivity contribution in [3.05, 3.63) is 35.9 Å². The van der Waals surface area contributed by atoms with Crippen molar-refractivity contribution in [1.29, 1.82) is 0 Å². The molecule has 1 aromatic carbocycles. The number of hydrogen-bond acceptors (Lipinski definition) is 1. The molecule has 1 aromatic rings. The van der Waals surface area contributed by atoms with Crippen LogP contribution in [0.1, 0.15) is 5.56 Å². The molecule has 0 bridgehead atoms. The molecule has 0 atom stereocenters. The van der Waals surface area contributed by atoms with E-state index in [2.05, 4.69) is 51.5 Å². The smallest absolute Gasteiger partial charge is 0.104 e. The number of rotatable bonds is 2. The third-order valence-corrected chi connectivity index (χ3v) is 1.50. The van der Waals surface area contributed by atoms with Crippen LogP contribution >= 0.6 is 0 Å². The SMILES string of the molecule is C[N+](C)(C)Cc1ccccc1.[SH-]. The van der Waals surface area contributed by atoms with Crippen LogP contribution in [0.15, 0.2) is 30.3 Å². The highest BCUT2D eigenvalue weighted by Crippen LogP contribution is 2.04. The fourth-order valence-electron chi connectivity index (χ4n) is 1.13. The minimum atomic E-state index is 0. The number of hydrogen-bond donors (Lipinski definition) is 0. The van der Waals surface area contributed by atoms with Crippen molar-refractivity contribution >= 4 is 13.5 Å². The van der Waals surface area contributed by atoms with Gasteiger partial charge in [0.05, 0.1) is 21.1 Å². The third kappa shape index (κ3) is 4.42. The van der Waals surface area contributed by atoms with Gasteiger partial charge in [-0.15, -0.1) is 0 Å². The minimum Gasteiger partial charge on any atom is -0.813 e. The van der Waals surface area contributed by atoms with Crippen LogP contribution < -0.4 is 0 Å². The summed E-state index contributed by atoms with van der Waals surface area (Å²) in [6.45, 7) is 1.10. The lowest BCUT2D eigenvalue weighted by molar-refractivity contribution is -0.884. The zero-order chi connectivity index (χ0) is 8.32. The van der Waals surface area contributed by atoms with E-state index in [4.69, 9.17) is 0 Å². The Morgan fingerprint density at radius 3 is 1.92 bits per heavy atom. The van der Waals surface area contributed by atoms with E-state index in [-0.39, 0.29) is 13.5 Å². The summed E-state index contributed by atoms with van der Waals surface area (Å²) in [6, 6.07) is 10.6. The molecular formula is C10H17NS. The maximum atomic E-state index is 2.20. The molecule has 1 nitrogen and oxygen atoms in total. The summed E-state index contributed by atoms with van der Waals surface area (Å²) >= 11 is 0. The van der Waals surface area contributed by atoms with Gasteiger partial charge in [0.25, 0.3) is 0 Å². The maximum Gasteiger partial charge on any atom is 0.104 e. The molecule has 0 fully saturated rings. The maximum absolute atomic E-state index is 2.20. The molecule has 0 aliphatic rings. The van der Waals surface area contributed by atoms with E-state index >= 15 is 0 Å². The topological polar surface area (TPSA) is 0 Å². The molecule has 0 N–H and O–H groups in total. The first-order valence-electron chi connectivity index (χ1n) is 3.92. The van der Waals surface area contributed by atoms with Crippen LogP contribution in [0, 0.1) is 0 Å². The second-order valence-corrected chi connectivity index (χ2v) is 3.93. The van der Waals surface area contributed by atoms with Gasteiger partial charge >= 0.3 is 0 Å². The fraction of sp³-hybridized carbons (Fsp3) is 0.400. The summed E-state index contributed by atoms with van der Waals surface area (Å²) in [4.78, 5) is 0. The molecule has 0 amide bonds. The summed E-state index contributed by atoms with van der Waals surface area (Å²) in [6.07, 6.45) is 0. The van der Waals surface area contributed by atoms with Gasteiger partial charge in [-0.1, -0.05) is 30.3 Å². The van der Waals surface area contributed by atoms with Crippen LogP contribution in [-0.4, -0.2) is 25.6 Å². The van der Waals surface area contributed by atoms with Gasteiger partial charge in [0, 0.05) is 5.56 Å². The van der Waals surface area contributed by atoms with Gasteiger partial charge < -0.3 is 18.0 Å². The normalized spacial score (nSPS) is 10.6. The van der Waals surface area contributed by atoms with Crippen LogP contribution in [0.5, 0.6) is 0 Å². The Morgan fingerprint density at radius 1 is 1.00 bits per heavy atom. The Hall–Kier alpha value is -0.470. The summed E-state index contributed by atoms with van der Waals surface area (Å²) in [7, 11) is 6.60. The van der Waals surface area contributed by atoms with E-state index in [0.717, 1.165) is 11.0 Å². The molecule has 1 rings (SSSR count). The molecule has 12 heavy (non-hydrogen) atoms. The van der Waals surface area contributed by atoms with Crippen LogP contribution in [0.4, 0.5) is 0 Å². The molecule has 0 saturated carbocycles. The predicted octanol–water partition coefficient (Wildman–Crippen LogP) is 1.62. The Labute approximate surface area is 82.1 Å². The minimum absolute atomic E-state index is 0. The molecule has 0 aromatic heterocycles.